The van der Waals surface area contributed by atoms with Crippen LogP contribution in [0.15, 0.2) is 29.1 Å². The molecular weight excluding hydrogens is 366 g/mol. The number of aromatic nitrogens is 5. The van der Waals surface area contributed by atoms with E-state index < -0.39 is 23.5 Å². The van der Waals surface area contributed by atoms with Crippen LogP contribution in [0.1, 0.15) is 35.6 Å². The molecule has 0 aliphatic rings. The number of alkyl halides is 3. The molecular formula is C17H15F4N5O. The van der Waals surface area contributed by atoms with E-state index in [1.165, 1.54) is 10.6 Å². The van der Waals surface area contributed by atoms with Gasteiger partial charge in [0.2, 0.25) is 0 Å². The lowest BCUT2D eigenvalue weighted by atomic mass is 9.98. The van der Waals surface area contributed by atoms with Crippen LogP contribution in [0.4, 0.5) is 17.6 Å². The third-order valence-electron chi connectivity index (χ3n) is 4.18. The van der Waals surface area contributed by atoms with E-state index in [0.29, 0.717) is 23.5 Å². The monoisotopic (exact) mass is 381 g/mol. The van der Waals surface area contributed by atoms with Crippen LogP contribution in [0.25, 0.3) is 11.5 Å². The van der Waals surface area contributed by atoms with Crippen LogP contribution in [0.2, 0.25) is 0 Å². The van der Waals surface area contributed by atoms with Gasteiger partial charge < -0.3 is 9.55 Å². The fourth-order valence-electron chi connectivity index (χ4n) is 2.83. The number of hydrogen-bond acceptors (Lipinski definition) is 4. The van der Waals surface area contributed by atoms with Crippen LogP contribution in [-0.2, 0) is 13.2 Å². The molecule has 142 valence electrons. The largest absolute Gasteiger partial charge is 0.416 e. The molecule has 1 N–H and O–H groups in total. The zero-order chi connectivity index (χ0) is 19.9. The van der Waals surface area contributed by atoms with Gasteiger partial charge in [0.1, 0.15) is 23.2 Å². The quantitative estimate of drug-likeness (QED) is 0.707. The molecule has 0 aliphatic carbocycles. The molecule has 0 spiro atoms. The molecule has 1 aromatic carbocycles. The molecule has 1 atom stereocenters. The summed E-state index contributed by atoms with van der Waals surface area (Å²) in [6.07, 6.45) is -4.62. The molecule has 0 saturated carbocycles. The fraction of sp³-hybridized carbons (Fsp3) is 0.294. The molecule has 0 bridgehead atoms. The van der Waals surface area contributed by atoms with E-state index in [9.17, 15) is 22.4 Å². The van der Waals surface area contributed by atoms with E-state index in [4.69, 9.17) is 0 Å². The predicted octanol–water partition coefficient (Wildman–Crippen LogP) is 3.18. The van der Waals surface area contributed by atoms with Gasteiger partial charge in [0.25, 0.3) is 5.56 Å². The Balaban J connectivity index is 2.01. The van der Waals surface area contributed by atoms with Crippen molar-refractivity contribution < 1.29 is 17.6 Å². The maximum absolute atomic E-state index is 14.3. The normalized spacial score (nSPS) is 13.0. The molecule has 27 heavy (non-hydrogen) atoms. The SMILES string of the molecule is Cc1nc(-c2nnc([C@H](C)c3ccc(C(F)(F)F)cc3F)n2C)cc(=O)[nH]1. The molecule has 2 heterocycles. The third kappa shape index (κ3) is 3.60. The van der Waals surface area contributed by atoms with Crippen LogP contribution >= 0.6 is 0 Å². The second kappa shape index (κ2) is 6.60. The molecule has 0 fully saturated rings. The second-order valence-electron chi connectivity index (χ2n) is 6.11. The molecule has 0 aliphatic heterocycles. The number of H-pyrrole nitrogens is 1. The summed E-state index contributed by atoms with van der Waals surface area (Å²) in [5, 5.41) is 8.01. The molecule has 0 saturated heterocycles. The van der Waals surface area contributed by atoms with Crippen LogP contribution in [0, 0.1) is 12.7 Å². The zero-order valence-electron chi connectivity index (χ0n) is 14.6. The fourth-order valence-corrected chi connectivity index (χ4v) is 2.83. The average Bonchev–Trinajstić information content (AvgIpc) is 2.94. The lowest BCUT2D eigenvalue weighted by Gasteiger charge is -2.14. The summed E-state index contributed by atoms with van der Waals surface area (Å²) in [5.41, 5.74) is -1.07. The Labute approximate surface area is 150 Å². The first-order valence-corrected chi connectivity index (χ1v) is 7.92. The molecule has 2 aromatic heterocycles. The number of hydrogen-bond donors (Lipinski definition) is 1. The maximum atomic E-state index is 14.3. The number of aryl methyl sites for hydroxylation is 1. The van der Waals surface area contributed by atoms with Gasteiger partial charge in [0, 0.05) is 19.0 Å². The van der Waals surface area contributed by atoms with Crippen molar-refractivity contribution in [2.24, 2.45) is 7.05 Å². The van der Waals surface area contributed by atoms with Crippen LogP contribution in [-0.4, -0.2) is 24.7 Å². The highest BCUT2D eigenvalue weighted by Crippen LogP contribution is 2.33. The highest BCUT2D eigenvalue weighted by molar-refractivity contribution is 5.49. The van der Waals surface area contributed by atoms with Gasteiger partial charge in [-0.3, -0.25) is 4.79 Å². The first kappa shape index (κ1) is 18.7. The highest BCUT2D eigenvalue weighted by atomic mass is 19.4. The van der Waals surface area contributed by atoms with Crippen molar-refractivity contribution in [1.29, 1.82) is 0 Å². The van der Waals surface area contributed by atoms with Gasteiger partial charge >= 0.3 is 6.18 Å². The van der Waals surface area contributed by atoms with Gasteiger partial charge in [-0.25, -0.2) is 9.37 Å². The van der Waals surface area contributed by atoms with Crippen molar-refractivity contribution in [2.75, 3.05) is 0 Å². The minimum atomic E-state index is -4.62. The summed E-state index contributed by atoms with van der Waals surface area (Å²) in [6.45, 7) is 3.22. The first-order chi connectivity index (χ1) is 12.6. The number of rotatable bonds is 3. The minimum absolute atomic E-state index is 0.0556. The highest BCUT2D eigenvalue weighted by Gasteiger charge is 2.32. The molecule has 3 rings (SSSR count). The van der Waals surface area contributed by atoms with Crippen LogP contribution in [0.3, 0.4) is 0 Å². The topological polar surface area (TPSA) is 76.5 Å². The number of nitrogens with one attached hydrogen (secondary N) is 1. The van der Waals surface area contributed by atoms with Gasteiger partial charge in [0.05, 0.1) is 5.56 Å². The van der Waals surface area contributed by atoms with Gasteiger partial charge in [-0.15, -0.1) is 10.2 Å². The van der Waals surface area contributed by atoms with Gasteiger partial charge in [-0.1, -0.05) is 13.0 Å². The summed E-state index contributed by atoms with van der Waals surface area (Å²) in [4.78, 5) is 18.3. The van der Waals surface area contributed by atoms with E-state index in [1.807, 2.05) is 0 Å². The number of halogens is 4. The third-order valence-corrected chi connectivity index (χ3v) is 4.18. The van der Waals surface area contributed by atoms with Crippen molar-refractivity contribution >= 4 is 0 Å². The lowest BCUT2D eigenvalue weighted by molar-refractivity contribution is -0.137. The van der Waals surface area contributed by atoms with Crippen LogP contribution in [0.5, 0.6) is 0 Å². The standard InChI is InChI=1S/C17H15F4N5O/c1-8(11-5-4-10(6-12(11)18)17(19,20)21)15-24-25-16(26(15)3)13-7-14(27)23-9(2)22-13/h4-8H,1-3H3,(H,22,23,27)/t8-/m1/s1. The van der Waals surface area contributed by atoms with E-state index in [2.05, 4.69) is 20.2 Å². The van der Waals surface area contributed by atoms with Crippen molar-refractivity contribution in [3.8, 4) is 11.5 Å². The Morgan fingerprint density at radius 3 is 2.48 bits per heavy atom. The summed E-state index contributed by atoms with van der Waals surface area (Å²) in [6, 6.07) is 3.63. The van der Waals surface area contributed by atoms with Crippen molar-refractivity contribution in [1.82, 2.24) is 24.7 Å². The Morgan fingerprint density at radius 1 is 1.19 bits per heavy atom. The van der Waals surface area contributed by atoms with Gasteiger partial charge in [0.15, 0.2) is 5.82 Å². The molecule has 6 nitrogen and oxygen atoms in total. The van der Waals surface area contributed by atoms with E-state index in [0.717, 1.165) is 12.1 Å². The van der Waals surface area contributed by atoms with Crippen molar-refractivity contribution in [3.05, 3.63) is 63.2 Å². The van der Waals surface area contributed by atoms with E-state index in [1.54, 1.807) is 20.9 Å². The average molecular weight is 381 g/mol. The van der Waals surface area contributed by atoms with E-state index >= 15 is 0 Å². The summed E-state index contributed by atoms with van der Waals surface area (Å²) >= 11 is 0. The molecule has 0 unspecified atom stereocenters. The van der Waals surface area contributed by atoms with E-state index in [-0.39, 0.29) is 16.8 Å². The van der Waals surface area contributed by atoms with Crippen LogP contribution < -0.4 is 5.56 Å². The Hall–Kier alpha value is -3.04. The van der Waals surface area contributed by atoms with Crippen molar-refractivity contribution in [3.63, 3.8) is 0 Å². The maximum Gasteiger partial charge on any atom is 0.416 e. The summed E-state index contributed by atoms with van der Waals surface area (Å²) in [7, 11) is 1.61. The van der Waals surface area contributed by atoms with Gasteiger partial charge in [-0.05, 0) is 24.6 Å². The number of benzene rings is 1. The summed E-state index contributed by atoms with van der Waals surface area (Å²) < 4.78 is 53.9. The molecule has 10 heteroatoms. The number of aromatic amines is 1. The second-order valence-corrected chi connectivity index (χ2v) is 6.11. The minimum Gasteiger partial charge on any atom is -0.312 e. The summed E-state index contributed by atoms with van der Waals surface area (Å²) in [5.74, 6) is -0.640. The lowest BCUT2D eigenvalue weighted by Crippen LogP contribution is -2.12. The first-order valence-electron chi connectivity index (χ1n) is 7.92. The Bertz CT molecular complexity index is 1050. The van der Waals surface area contributed by atoms with Gasteiger partial charge in [-0.2, -0.15) is 13.2 Å². The van der Waals surface area contributed by atoms with Crippen molar-refractivity contribution in [2.45, 2.75) is 25.9 Å². The molecule has 0 amide bonds. The Kier molecular flexibility index (Phi) is 4.58. The zero-order valence-corrected chi connectivity index (χ0v) is 14.6. The smallest absolute Gasteiger partial charge is 0.312 e. The molecule has 0 radical (unpaired) electrons. The predicted molar refractivity (Wildman–Crippen MR) is 88.5 cm³/mol. The Morgan fingerprint density at radius 2 is 1.89 bits per heavy atom. The number of nitrogens with zero attached hydrogens (tertiary/aromatic N) is 4. The molecule has 3 aromatic rings.